The lowest BCUT2D eigenvalue weighted by Gasteiger charge is -2.12. The lowest BCUT2D eigenvalue weighted by molar-refractivity contribution is -0.139. The van der Waals surface area contributed by atoms with Crippen molar-refractivity contribution < 1.29 is 26.1 Å². The Labute approximate surface area is 112 Å². The number of aromatic nitrogens is 1. The van der Waals surface area contributed by atoms with E-state index in [1.807, 2.05) is 4.72 Å². The molecule has 0 unspecified atom stereocenters. The van der Waals surface area contributed by atoms with Crippen LogP contribution in [0, 0.1) is 6.92 Å². The van der Waals surface area contributed by atoms with Gasteiger partial charge in [0.15, 0.2) is 5.82 Å². The molecule has 1 aromatic heterocycles. The number of sulfonamides is 1. The Hall–Kier alpha value is -2.03. The van der Waals surface area contributed by atoms with Gasteiger partial charge in [-0.2, -0.15) is 13.2 Å². The molecule has 0 atom stereocenters. The first-order valence-corrected chi connectivity index (χ1v) is 6.81. The van der Waals surface area contributed by atoms with E-state index < -0.39 is 26.7 Å². The van der Waals surface area contributed by atoms with Crippen LogP contribution in [0.2, 0.25) is 0 Å². The molecule has 0 aliphatic heterocycles. The van der Waals surface area contributed by atoms with Crippen LogP contribution >= 0.6 is 0 Å². The Kier molecular flexibility index (Phi) is 3.46. The number of alkyl halides is 3. The zero-order valence-corrected chi connectivity index (χ0v) is 10.9. The smallest absolute Gasteiger partial charge is 0.360 e. The monoisotopic (exact) mass is 306 g/mol. The molecule has 2 aromatic rings. The first-order valence-electron chi connectivity index (χ1n) is 5.32. The average Bonchev–Trinajstić information content (AvgIpc) is 2.73. The van der Waals surface area contributed by atoms with Crippen LogP contribution in [-0.2, 0) is 16.2 Å². The minimum atomic E-state index is -4.77. The van der Waals surface area contributed by atoms with Crippen LogP contribution in [0.15, 0.2) is 39.8 Å². The molecule has 1 aromatic carbocycles. The first kappa shape index (κ1) is 14.4. The molecule has 9 heteroatoms. The number of halogens is 3. The summed E-state index contributed by atoms with van der Waals surface area (Å²) in [7, 11) is -4.41. The third-order valence-electron chi connectivity index (χ3n) is 2.35. The fourth-order valence-electron chi connectivity index (χ4n) is 1.54. The van der Waals surface area contributed by atoms with E-state index >= 15 is 0 Å². The van der Waals surface area contributed by atoms with Gasteiger partial charge < -0.3 is 4.52 Å². The maximum atomic E-state index is 12.8. The van der Waals surface area contributed by atoms with Crippen molar-refractivity contribution in [2.24, 2.45) is 0 Å². The van der Waals surface area contributed by atoms with Crippen LogP contribution in [-0.4, -0.2) is 13.6 Å². The molecule has 5 nitrogen and oxygen atoms in total. The SMILES string of the molecule is Cc1cc(NS(=O)(=O)c2ccccc2C(F)(F)F)no1. The van der Waals surface area contributed by atoms with Gasteiger partial charge in [0, 0.05) is 6.07 Å². The molecule has 108 valence electrons. The number of nitrogens with one attached hydrogen (secondary N) is 1. The summed E-state index contributed by atoms with van der Waals surface area (Å²) in [5, 5.41) is 3.37. The molecule has 0 fully saturated rings. The highest BCUT2D eigenvalue weighted by molar-refractivity contribution is 7.92. The average molecular weight is 306 g/mol. The maximum Gasteiger partial charge on any atom is 0.417 e. The molecule has 2 rings (SSSR count). The zero-order chi connectivity index (χ0) is 15.0. The van der Waals surface area contributed by atoms with E-state index in [1.165, 1.54) is 19.1 Å². The zero-order valence-electron chi connectivity index (χ0n) is 10.1. The van der Waals surface area contributed by atoms with Crippen molar-refractivity contribution in [3.63, 3.8) is 0 Å². The highest BCUT2D eigenvalue weighted by atomic mass is 32.2. The lowest BCUT2D eigenvalue weighted by atomic mass is 10.2. The summed E-state index contributed by atoms with van der Waals surface area (Å²) in [6, 6.07) is 5.15. The summed E-state index contributed by atoms with van der Waals surface area (Å²) < 4.78 is 68.9. The van der Waals surface area contributed by atoms with Crippen LogP contribution in [0.4, 0.5) is 19.0 Å². The number of hydrogen-bond acceptors (Lipinski definition) is 4. The Bertz CT molecular complexity index is 723. The number of anilines is 1. The van der Waals surface area contributed by atoms with Crippen molar-refractivity contribution in [3.05, 3.63) is 41.7 Å². The Morgan fingerprint density at radius 1 is 1.25 bits per heavy atom. The highest BCUT2D eigenvalue weighted by Gasteiger charge is 2.37. The molecule has 0 aliphatic carbocycles. The van der Waals surface area contributed by atoms with E-state index in [0.717, 1.165) is 12.1 Å². The summed E-state index contributed by atoms with van der Waals surface area (Å²) in [5.41, 5.74) is -1.24. The van der Waals surface area contributed by atoms with E-state index in [4.69, 9.17) is 0 Å². The van der Waals surface area contributed by atoms with Crippen molar-refractivity contribution in [2.75, 3.05) is 4.72 Å². The molecule has 0 radical (unpaired) electrons. The van der Waals surface area contributed by atoms with Crippen LogP contribution in [0.1, 0.15) is 11.3 Å². The molecule has 0 aliphatic rings. The van der Waals surface area contributed by atoms with Crippen LogP contribution in [0.25, 0.3) is 0 Å². The van der Waals surface area contributed by atoms with Gasteiger partial charge in [-0.25, -0.2) is 8.42 Å². The number of hydrogen-bond donors (Lipinski definition) is 1. The molecule has 0 spiro atoms. The Balaban J connectivity index is 2.45. The minimum absolute atomic E-state index is 0.181. The molecular weight excluding hydrogens is 297 g/mol. The minimum Gasteiger partial charge on any atom is -0.360 e. The van der Waals surface area contributed by atoms with Gasteiger partial charge in [0.25, 0.3) is 10.0 Å². The molecule has 0 bridgehead atoms. The summed E-state index contributed by atoms with van der Waals surface area (Å²) in [6.45, 7) is 1.52. The fourth-order valence-corrected chi connectivity index (χ4v) is 2.75. The topological polar surface area (TPSA) is 72.2 Å². The number of aryl methyl sites for hydroxylation is 1. The second-order valence-electron chi connectivity index (χ2n) is 3.92. The molecule has 20 heavy (non-hydrogen) atoms. The molecule has 1 N–H and O–H groups in total. The third kappa shape index (κ3) is 2.93. The van der Waals surface area contributed by atoms with Gasteiger partial charge in [-0.15, -0.1) is 0 Å². The highest BCUT2D eigenvalue weighted by Crippen LogP contribution is 2.34. The third-order valence-corrected chi connectivity index (χ3v) is 3.76. The normalized spacial score (nSPS) is 12.4. The van der Waals surface area contributed by atoms with Gasteiger partial charge in [0.2, 0.25) is 0 Å². The van der Waals surface area contributed by atoms with E-state index in [9.17, 15) is 21.6 Å². The molecule has 0 saturated heterocycles. The number of nitrogens with zero attached hydrogens (tertiary/aromatic N) is 1. The van der Waals surface area contributed by atoms with Gasteiger partial charge >= 0.3 is 6.18 Å². The van der Waals surface area contributed by atoms with E-state index in [-0.39, 0.29) is 5.82 Å². The van der Waals surface area contributed by atoms with Crippen molar-refractivity contribution in [1.82, 2.24) is 5.16 Å². The van der Waals surface area contributed by atoms with E-state index in [1.54, 1.807) is 0 Å². The Morgan fingerprint density at radius 3 is 2.45 bits per heavy atom. The van der Waals surface area contributed by atoms with Crippen molar-refractivity contribution >= 4 is 15.8 Å². The number of benzene rings is 1. The van der Waals surface area contributed by atoms with Crippen molar-refractivity contribution in [1.29, 1.82) is 0 Å². The maximum absolute atomic E-state index is 12.8. The molecular formula is C11H9F3N2O3S. The van der Waals surface area contributed by atoms with E-state index in [0.29, 0.717) is 11.8 Å². The predicted molar refractivity (Wildman–Crippen MR) is 63.5 cm³/mol. The van der Waals surface area contributed by atoms with Crippen LogP contribution in [0.5, 0.6) is 0 Å². The van der Waals surface area contributed by atoms with Crippen molar-refractivity contribution in [3.8, 4) is 0 Å². The van der Waals surface area contributed by atoms with Crippen LogP contribution < -0.4 is 4.72 Å². The second kappa shape index (κ2) is 4.82. The van der Waals surface area contributed by atoms with E-state index in [2.05, 4.69) is 9.68 Å². The quantitative estimate of drug-likeness (QED) is 0.946. The summed E-state index contributed by atoms with van der Waals surface area (Å²) in [5.74, 6) is 0.145. The Morgan fingerprint density at radius 2 is 1.90 bits per heavy atom. The molecule has 0 amide bonds. The molecule has 1 heterocycles. The largest absolute Gasteiger partial charge is 0.417 e. The fraction of sp³-hybridized carbons (Fsp3) is 0.182. The summed E-state index contributed by atoms with van der Waals surface area (Å²) in [4.78, 5) is -0.867. The van der Waals surface area contributed by atoms with Gasteiger partial charge in [-0.05, 0) is 19.1 Å². The summed E-state index contributed by atoms with van der Waals surface area (Å²) in [6.07, 6.45) is -4.77. The second-order valence-corrected chi connectivity index (χ2v) is 5.57. The lowest BCUT2D eigenvalue weighted by Crippen LogP contribution is -2.19. The van der Waals surface area contributed by atoms with Crippen molar-refractivity contribution in [2.45, 2.75) is 18.0 Å². The standard InChI is InChI=1S/C11H9F3N2O3S/c1-7-6-10(15-19-7)16-20(17,18)9-5-3-2-4-8(9)11(12,13)14/h2-6H,1H3,(H,15,16). The first-order chi connectivity index (χ1) is 9.20. The summed E-state index contributed by atoms with van der Waals surface area (Å²) >= 11 is 0. The predicted octanol–water partition coefficient (Wildman–Crippen LogP) is 2.80. The van der Waals surface area contributed by atoms with Gasteiger partial charge in [-0.3, -0.25) is 4.72 Å². The van der Waals surface area contributed by atoms with Crippen LogP contribution in [0.3, 0.4) is 0 Å². The number of rotatable bonds is 3. The molecule has 0 saturated carbocycles. The van der Waals surface area contributed by atoms with Gasteiger partial charge in [0.1, 0.15) is 5.76 Å². The van der Waals surface area contributed by atoms with Gasteiger partial charge in [0.05, 0.1) is 10.5 Å². The van der Waals surface area contributed by atoms with Gasteiger partial charge in [-0.1, -0.05) is 17.3 Å².